The Labute approximate surface area is 125 Å². The van der Waals surface area contributed by atoms with Gasteiger partial charge in [-0.2, -0.15) is 4.68 Å². The second-order valence-corrected chi connectivity index (χ2v) is 5.29. The Morgan fingerprint density at radius 3 is 2.67 bits per heavy atom. The van der Waals surface area contributed by atoms with Gasteiger partial charge in [0, 0.05) is 6.54 Å². The van der Waals surface area contributed by atoms with Crippen molar-refractivity contribution in [2.24, 2.45) is 5.73 Å². The zero-order valence-corrected chi connectivity index (χ0v) is 11.8. The van der Waals surface area contributed by atoms with E-state index in [1.807, 2.05) is 30.3 Å². The lowest BCUT2D eigenvalue weighted by Gasteiger charge is -2.05. The third kappa shape index (κ3) is 2.93. The predicted octanol–water partition coefficient (Wildman–Crippen LogP) is 2.41. The molecule has 1 aromatic heterocycles. The van der Waals surface area contributed by atoms with Crippen molar-refractivity contribution in [3.05, 3.63) is 59.9 Å². The van der Waals surface area contributed by atoms with E-state index in [0.717, 1.165) is 11.3 Å². The second-order valence-electron chi connectivity index (χ2n) is 4.28. The number of nitrogens with two attached hydrogens (primary N) is 1. The maximum Gasteiger partial charge on any atom is 0.219 e. The highest BCUT2D eigenvalue weighted by Crippen LogP contribution is 2.29. The first kappa shape index (κ1) is 13.7. The summed E-state index contributed by atoms with van der Waals surface area (Å²) < 4.78 is 15.6. The first-order chi connectivity index (χ1) is 10.3. The summed E-state index contributed by atoms with van der Waals surface area (Å²) >= 11 is 1.17. The molecule has 0 spiro atoms. The second kappa shape index (κ2) is 6.02. The number of tetrazole rings is 1. The zero-order chi connectivity index (χ0) is 14.7. The summed E-state index contributed by atoms with van der Waals surface area (Å²) in [5, 5.41) is 12.0. The van der Waals surface area contributed by atoms with Crippen LogP contribution in [0, 0.1) is 5.82 Å². The van der Waals surface area contributed by atoms with E-state index in [4.69, 9.17) is 5.73 Å². The number of aromatic nitrogens is 4. The van der Waals surface area contributed by atoms with E-state index in [2.05, 4.69) is 15.5 Å². The maximum atomic E-state index is 14.0. The largest absolute Gasteiger partial charge is 0.326 e. The Hall–Kier alpha value is -2.25. The summed E-state index contributed by atoms with van der Waals surface area (Å²) in [4.78, 5) is 0.458. The molecule has 0 fully saturated rings. The Kier molecular flexibility index (Phi) is 3.94. The van der Waals surface area contributed by atoms with E-state index in [1.54, 1.807) is 16.8 Å². The summed E-state index contributed by atoms with van der Waals surface area (Å²) in [6.07, 6.45) is 0. The maximum absolute atomic E-state index is 14.0. The third-order valence-electron chi connectivity index (χ3n) is 2.87. The molecule has 0 aliphatic heterocycles. The van der Waals surface area contributed by atoms with E-state index < -0.39 is 0 Å². The van der Waals surface area contributed by atoms with Crippen molar-refractivity contribution in [1.29, 1.82) is 0 Å². The van der Waals surface area contributed by atoms with Crippen LogP contribution in [0.15, 0.2) is 58.6 Å². The van der Waals surface area contributed by atoms with Gasteiger partial charge in [0.05, 0.1) is 10.6 Å². The molecule has 0 bridgehead atoms. The SMILES string of the molecule is NCc1ccc(Sc2nnnn2-c2ccccc2)c(F)c1. The molecule has 0 saturated heterocycles. The van der Waals surface area contributed by atoms with Gasteiger partial charge >= 0.3 is 0 Å². The summed E-state index contributed by atoms with van der Waals surface area (Å²) in [6.45, 7) is 0.309. The molecule has 1 heterocycles. The van der Waals surface area contributed by atoms with E-state index in [9.17, 15) is 4.39 Å². The normalized spacial score (nSPS) is 10.8. The van der Waals surface area contributed by atoms with Crippen LogP contribution in [0.3, 0.4) is 0 Å². The molecule has 0 unspecified atom stereocenters. The molecule has 21 heavy (non-hydrogen) atoms. The van der Waals surface area contributed by atoms with Gasteiger partial charge in [-0.15, -0.1) is 5.10 Å². The highest BCUT2D eigenvalue weighted by atomic mass is 32.2. The molecule has 0 aliphatic carbocycles. The highest BCUT2D eigenvalue weighted by Gasteiger charge is 2.12. The van der Waals surface area contributed by atoms with E-state index in [1.165, 1.54) is 17.8 Å². The van der Waals surface area contributed by atoms with E-state index in [0.29, 0.717) is 16.6 Å². The Bertz CT molecular complexity index is 744. The first-order valence-corrected chi connectivity index (χ1v) is 7.10. The van der Waals surface area contributed by atoms with Gasteiger partial charge in [-0.3, -0.25) is 0 Å². The number of hydrogen-bond acceptors (Lipinski definition) is 5. The molecule has 0 aliphatic rings. The lowest BCUT2D eigenvalue weighted by molar-refractivity contribution is 0.599. The molecular formula is C14H12FN5S. The topological polar surface area (TPSA) is 69.6 Å². The number of rotatable bonds is 4. The van der Waals surface area contributed by atoms with Gasteiger partial charge in [0.2, 0.25) is 5.16 Å². The van der Waals surface area contributed by atoms with Gasteiger partial charge < -0.3 is 5.73 Å². The quantitative estimate of drug-likeness (QED) is 0.801. The Morgan fingerprint density at radius 1 is 1.14 bits per heavy atom. The van der Waals surface area contributed by atoms with Crippen molar-refractivity contribution >= 4 is 11.8 Å². The van der Waals surface area contributed by atoms with Crippen LogP contribution in [-0.4, -0.2) is 20.2 Å². The predicted molar refractivity (Wildman–Crippen MR) is 77.6 cm³/mol. The van der Waals surface area contributed by atoms with Gasteiger partial charge in [-0.05, 0) is 52.0 Å². The highest BCUT2D eigenvalue weighted by molar-refractivity contribution is 7.99. The first-order valence-electron chi connectivity index (χ1n) is 6.28. The van der Waals surface area contributed by atoms with Crippen molar-refractivity contribution < 1.29 is 4.39 Å². The molecule has 106 valence electrons. The van der Waals surface area contributed by atoms with Crippen molar-refractivity contribution in [3.63, 3.8) is 0 Å². The molecule has 7 heteroatoms. The Balaban J connectivity index is 1.92. The molecule has 3 aromatic rings. The zero-order valence-electron chi connectivity index (χ0n) is 11.0. The van der Waals surface area contributed by atoms with Crippen LogP contribution in [0.2, 0.25) is 0 Å². The van der Waals surface area contributed by atoms with Gasteiger partial charge in [0.1, 0.15) is 5.82 Å². The number of benzene rings is 2. The van der Waals surface area contributed by atoms with Gasteiger partial charge in [0.25, 0.3) is 0 Å². The number of halogens is 1. The fourth-order valence-electron chi connectivity index (χ4n) is 1.83. The fraction of sp³-hybridized carbons (Fsp3) is 0.0714. The molecule has 3 rings (SSSR count). The molecule has 2 N–H and O–H groups in total. The van der Waals surface area contributed by atoms with Crippen LogP contribution in [-0.2, 0) is 6.54 Å². The standard InChI is InChI=1S/C14H12FN5S/c15-12-8-10(9-16)6-7-13(12)21-14-17-18-19-20(14)11-4-2-1-3-5-11/h1-8H,9,16H2. The van der Waals surface area contributed by atoms with Crippen LogP contribution < -0.4 is 5.73 Å². The lowest BCUT2D eigenvalue weighted by atomic mass is 10.2. The molecule has 0 radical (unpaired) electrons. The molecule has 5 nitrogen and oxygen atoms in total. The van der Waals surface area contributed by atoms with Crippen molar-refractivity contribution in [3.8, 4) is 5.69 Å². The summed E-state index contributed by atoms with van der Waals surface area (Å²) in [5.41, 5.74) is 7.07. The minimum absolute atomic E-state index is 0.309. The van der Waals surface area contributed by atoms with Crippen LogP contribution in [0.1, 0.15) is 5.56 Å². The number of nitrogens with zero attached hydrogens (tertiary/aromatic N) is 4. The monoisotopic (exact) mass is 301 g/mol. The van der Waals surface area contributed by atoms with E-state index >= 15 is 0 Å². The van der Waals surface area contributed by atoms with Crippen LogP contribution in [0.4, 0.5) is 4.39 Å². The average molecular weight is 301 g/mol. The van der Waals surface area contributed by atoms with Gasteiger partial charge in [0.15, 0.2) is 0 Å². The minimum Gasteiger partial charge on any atom is -0.326 e. The third-order valence-corrected chi connectivity index (χ3v) is 3.86. The molecular weight excluding hydrogens is 289 g/mol. The summed E-state index contributed by atoms with van der Waals surface area (Å²) in [6, 6.07) is 14.4. The van der Waals surface area contributed by atoms with Crippen LogP contribution >= 0.6 is 11.8 Å². The molecule has 2 aromatic carbocycles. The fourth-order valence-corrected chi connectivity index (χ4v) is 2.62. The molecule has 0 amide bonds. The molecule has 0 saturated carbocycles. The summed E-state index contributed by atoms with van der Waals surface area (Å²) in [5.74, 6) is -0.328. The smallest absolute Gasteiger partial charge is 0.219 e. The lowest BCUT2D eigenvalue weighted by Crippen LogP contribution is -1.99. The minimum atomic E-state index is -0.328. The van der Waals surface area contributed by atoms with Crippen LogP contribution in [0.25, 0.3) is 5.69 Å². The summed E-state index contributed by atoms with van der Waals surface area (Å²) in [7, 11) is 0. The van der Waals surface area contributed by atoms with Gasteiger partial charge in [-0.1, -0.05) is 24.3 Å². The number of para-hydroxylation sites is 1. The van der Waals surface area contributed by atoms with Crippen molar-refractivity contribution in [2.75, 3.05) is 0 Å². The Morgan fingerprint density at radius 2 is 1.95 bits per heavy atom. The van der Waals surface area contributed by atoms with Crippen LogP contribution in [0.5, 0.6) is 0 Å². The van der Waals surface area contributed by atoms with Gasteiger partial charge in [-0.25, -0.2) is 4.39 Å². The molecule has 0 atom stereocenters. The van der Waals surface area contributed by atoms with Crippen molar-refractivity contribution in [1.82, 2.24) is 20.2 Å². The number of hydrogen-bond donors (Lipinski definition) is 1. The van der Waals surface area contributed by atoms with Crippen molar-refractivity contribution in [2.45, 2.75) is 16.6 Å². The average Bonchev–Trinajstić information content (AvgIpc) is 2.98. The van der Waals surface area contributed by atoms with E-state index in [-0.39, 0.29) is 5.82 Å².